The summed E-state index contributed by atoms with van der Waals surface area (Å²) in [6.07, 6.45) is 7.98. The molecule has 34 heavy (non-hydrogen) atoms. The lowest BCUT2D eigenvalue weighted by molar-refractivity contribution is 0.0592. The van der Waals surface area contributed by atoms with E-state index in [-0.39, 0.29) is 16.8 Å². The number of carbonyl (C=O) groups is 1. The van der Waals surface area contributed by atoms with Gasteiger partial charge >= 0.3 is 0 Å². The van der Waals surface area contributed by atoms with Gasteiger partial charge < -0.3 is 18.9 Å². The van der Waals surface area contributed by atoms with Crippen LogP contribution in [0.15, 0.2) is 35.4 Å². The Labute approximate surface area is 202 Å². The number of nitrogens with zero attached hydrogens (tertiary/aromatic N) is 3. The summed E-state index contributed by atoms with van der Waals surface area (Å²) in [6.45, 7) is 1.78. The number of hydrogen-bond donors (Lipinski definition) is 0. The Morgan fingerprint density at radius 3 is 2.41 bits per heavy atom. The second-order valence-corrected chi connectivity index (χ2v) is 11.1. The molecule has 186 valence electrons. The molecular formula is C25H35N3O5S. The molecule has 0 aliphatic carbocycles. The van der Waals surface area contributed by atoms with E-state index in [0.29, 0.717) is 36.8 Å². The molecule has 0 spiro atoms. The van der Waals surface area contributed by atoms with Gasteiger partial charge in [0.2, 0.25) is 10.0 Å². The van der Waals surface area contributed by atoms with Crippen LogP contribution in [0.25, 0.3) is 0 Å². The topological polar surface area (TPSA) is 81.1 Å². The predicted octanol–water partition coefficient (Wildman–Crippen LogP) is 3.45. The van der Waals surface area contributed by atoms with E-state index in [4.69, 9.17) is 9.47 Å². The minimum Gasteiger partial charge on any atom is -0.493 e. The molecule has 1 aromatic heterocycles. The highest BCUT2D eigenvalue weighted by molar-refractivity contribution is 7.89. The molecule has 4 rings (SSSR count). The van der Waals surface area contributed by atoms with Gasteiger partial charge in [-0.1, -0.05) is 6.07 Å². The fourth-order valence-electron chi connectivity index (χ4n) is 5.05. The zero-order valence-electron chi connectivity index (χ0n) is 20.3. The van der Waals surface area contributed by atoms with E-state index in [2.05, 4.69) is 0 Å². The average Bonchev–Trinajstić information content (AvgIpc) is 3.53. The van der Waals surface area contributed by atoms with Crippen molar-refractivity contribution in [3.05, 3.63) is 41.7 Å². The van der Waals surface area contributed by atoms with Gasteiger partial charge in [0.1, 0.15) is 10.6 Å². The van der Waals surface area contributed by atoms with Gasteiger partial charge in [-0.2, -0.15) is 4.31 Å². The molecule has 2 aromatic rings. The fourth-order valence-corrected chi connectivity index (χ4v) is 6.64. The molecule has 1 amide bonds. The van der Waals surface area contributed by atoms with Gasteiger partial charge in [0, 0.05) is 38.9 Å². The maximum Gasteiger partial charge on any atom is 0.270 e. The van der Waals surface area contributed by atoms with E-state index in [9.17, 15) is 13.2 Å². The Morgan fingerprint density at radius 1 is 1.00 bits per heavy atom. The highest BCUT2D eigenvalue weighted by Gasteiger charge is 2.32. The number of sulfonamides is 1. The summed E-state index contributed by atoms with van der Waals surface area (Å²) >= 11 is 0. The van der Waals surface area contributed by atoms with Crippen molar-refractivity contribution in [3.8, 4) is 11.5 Å². The zero-order chi connectivity index (χ0) is 24.3. The number of aromatic nitrogens is 1. The lowest BCUT2D eigenvalue weighted by atomic mass is 9.95. The largest absolute Gasteiger partial charge is 0.493 e. The molecule has 0 N–H and O–H groups in total. The fraction of sp³-hybridized carbons (Fsp3) is 0.560. The second kappa shape index (κ2) is 10.4. The Morgan fingerprint density at radius 2 is 1.71 bits per heavy atom. The average molecular weight is 490 g/mol. The molecular weight excluding hydrogens is 454 g/mol. The van der Waals surface area contributed by atoms with E-state index in [1.54, 1.807) is 38.1 Å². The Bertz CT molecular complexity index is 1120. The standard InChI is InChI=1S/C25H35N3O5S/c1-26-18-21(34(30,31)27-13-6-7-14-27)17-22(26)25(29)28-15-5-4-8-20(28)11-9-19-10-12-23(32-2)24(16-19)33-3/h10,12,16-18,20H,4-9,11,13-15H2,1-3H3. The van der Waals surface area contributed by atoms with Gasteiger partial charge in [-0.3, -0.25) is 4.79 Å². The monoisotopic (exact) mass is 489 g/mol. The number of piperidine rings is 1. The molecule has 9 heteroatoms. The summed E-state index contributed by atoms with van der Waals surface area (Å²) in [7, 11) is 1.44. The number of likely N-dealkylation sites (tertiary alicyclic amines) is 1. The summed E-state index contributed by atoms with van der Waals surface area (Å²) in [4.78, 5) is 15.7. The summed E-state index contributed by atoms with van der Waals surface area (Å²) in [5.41, 5.74) is 1.56. The third-order valence-electron chi connectivity index (χ3n) is 7.00. The molecule has 2 saturated heterocycles. The molecule has 1 aromatic carbocycles. The van der Waals surface area contributed by atoms with Crippen molar-refractivity contribution in [2.24, 2.45) is 7.05 Å². The smallest absolute Gasteiger partial charge is 0.270 e. The SMILES string of the molecule is COc1ccc(CCC2CCCCN2C(=O)c2cc(S(=O)(=O)N3CCCC3)cn2C)cc1OC. The number of amides is 1. The highest BCUT2D eigenvalue weighted by Crippen LogP contribution is 2.30. The second-order valence-electron chi connectivity index (χ2n) is 9.16. The van der Waals surface area contributed by atoms with Crippen LogP contribution in [0.4, 0.5) is 0 Å². The van der Waals surface area contributed by atoms with Gasteiger partial charge in [0.25, 0.3) is 5.91 Å². The van der Waals surface area contributed by atoms with Gasteiger partial charge in [-0.15, -0.1) is 0 Å². The summed E-state index contributed by atoms with van der Waals surface area (Å²) in [5.74, 6) is 1.30. The van der Waals surface area contributed by atoms with Gasteiger partial charge in [0.15, 0.2) is 11.5 Å². The summed E-state index contributed by atoms with van der Waals surface area (Å²) in [5, 5.41) is 0. The van der Waals surface area contributed by atoms with Crippen LogP contribution in [0, 0.1) is 0 Å². The summed E-state index contributed by atoms with van der Waals surface area (Å²) in [6, 6.07) is 7.59. The molecule has 8 nitrogen and oxygen atoms in total. The molecule has 0 bridgehead atoms. The van der Waals surface area contributed by atoms with Crippen molar-refractivity contribution in [1.29, 1.82) is 0 Å². The van der Waals surface area contributed by atoms with Crippen molar-refractivity contribution in [1.82, 2.24) is 13.8 Å². The lowest BCUT2D eigenvalue weighted by Gasteiger charge is -2.36. The predicted molar refractivity (Wildman–Crippen MR) is 130 cm³/mol. The van der Waals surface area contributed by atoms with Crippen LogP contribution in [0.2, 0.25) is 0 Å². The molecule has 1 atom stereocenters. The number of aryl methyl sites for hydroxylation is 2. The van der Waals surface area contributed by atoms with Crippen molar-refractivity contribution < 1.29 is 22.7 Å². The van der Waals surface area contributed by atoms with Crippen LogP contribution >= 0.6 is 0 Å². The van der Waals surface area contributed by atoms with Crippen LogP contribution in [-0.2, 0) is 23.5 Å². The van der Waals surface area contributed by atoms with Crippen LogP contribution < -0.4 is 9.47 Å². The van der Waals surface area contributed by atoms with E-state index in [0.717, 1.165) is 50.5 Å². The number of rotatable bonds is 8. The Hall–Kier alpha value is -2.52. The Kier molecular flexibility index (Phi) is 7.52. The number of methoxy groups -OCH3 is 2. The van der Waals surface area contributed by atoms with Crippen LogP contribution in [0.5, 0.6) is 11.5 Å². The van der Waals surface area contributed by atoms with Gasteiger partial charge in [0.05, 0.1) is 14.2 Å². The van der Waals surface area contributed by atoms with Crippen molar-refractivity contribution >= 4 is 15.9 Å². The molecule has 3 heterocycles. The molecule has 2 aliphatic heterocycles. The normalized spacial score (nSPS) is 19.4. The number of benzene rings is 1. The first-order valence-corrected chi connectivity index (χ1v) is 13.5. The molecule has 2 aliphatic rings. The summed E-state index contributed by atoms with van der Waals surface area (Å²) < 4.78 is 39.9. The maximum absolute atomic E-state index is 13.5. The first-order valence-electron chi connectivity index (χ1n) is 12.0. The Balaban J connectivity index is 1.49. The van der Waals surface area contributed by atoms with Crippen molar-refractivity contribution in [3.63, 3.8) is 0 Å². The highest BCUT2D eigenvalue weighted by atomic mass is 32.2. The number of carbonyl (C=O) groups excluding carboxylic acids is 1. The lowest BCUT2D eigenvalue weighted by Crippen LogP contribution is -2.44. The number of hydrogen-bond acceptors (Lipinski definition) is 5. The van der Waals surface area contributed by atoms with Crippen molar-refractivity contribution in [2.75, 3.05) is 33.9 Å². The third kappa shape index (κ3) is 4.95. The quantitative estimate of drug-likeness (QED) is 0.567. The first kappa shape index (κ1) is 24.6. The van der Waals surface area contributed by atoms with E-state index < -0.39 is 10.0 Å². The van der Waals surface area contributed by atoms with Crippen LogP contribution in [0.1, 0.15) is 54.6 Å². The van der Waals surface area contributed by atoms with Gasteiger partial charge in [-0.25, -0.2) is 8.42 Å². The molecule has 1 unspecified atom stereocenters. The minimum atomic E-state index is -3.56. The third-order valence-corrected chi connectivity index (χ3v) is 8.87. The van der Waals surface area contributed by atoms with E-state index in [1.165, 1.54) is 4.31 Å². The number of ether oxygens (including phenoxy) is 2. The van der Waals surface area contributed by atoms with Gasteiger partial charge in [-0.05, 0) is 68.7 Å². The van der Waals surface area contributed by atoms with E-state index >= 15 is 0 Å². The van der Waals surface area contributed by atoms with Crippen LogP contribution in [0.3, 0.4) is 0 Å². The molecule has 0 saturated carbocycles. The van der Waals surface area contributed by atoms with E-state index in [1.807, 2.05) is 23.1 Å². The molecule has 2 fully saturated rings. The maximum atomic E-state index is 13.5. The zero-order valence-corrected chi connectivity index (χ0v) is 21.1. The van der Waals surface area contributed by atoms with Crippen molar-refractivity contribution in [2.45, 2.75) is 55.9 Å². The minimum absolute atomic E-state index is 0.0950. The first-order chi connectivity index (χ1) is 16.3. The molecule has 0 radical (unpaired) electrons. The van der Waals surface area contributed by atoms with Crippen LogP contribution in [-0.4, -0.2) is 68.0 Å².